The predicted molar refractivity (Wildman–Crippen MR) is 72.1 cm³/mol. The maximum Gasteiger partial charge on any atom is 0.148 e. The molecular formula is C13H12BrN3. The Labute approximate surface area is 108 Å². The summed E-state index contributed by atoms with van der Waals surface area (Å²) in [6, 6.07) is 8.31. The summed E-state index contributed by atoms with van der Waals surface area (Å²) in [5.74, 6) is 0.857. The molecule has 0 aliphatic heterocycles. The van der Waals surface area contributed by atoms with Gasteiger partial charge in [-0.2, -0.15) is 0 Å². The molecule has 0 unspecified atom stereocenters. The Kier molecular flexibility index (Phi) is 2.59. The van der Waals surface area contributed by atoms with Gasteiger partial charge in [0.2, 0.25) is 0 Å². The molecule has 3 rings (SSSR count). The molecule has 4 heteroatoms. The van der Waals surface area contributed by atoms with Crippen LogP contribution in [0.1, 0.15) is 18.1 Å². The van der Waals surface area contributed by atoms with Crippen LogP contribution < -0.4 is 5.32 Å². The van der Waals surface area contributed by atoms with Crippen LogP contribution in [-0.4, -0.2) is 16.7 Å². The Morgan fingerprint density at radius 3 is 3.06 bits per heavy atom. The molecular weight excluding hydrogens is 278 g/mol. The normalized spacial score (nSPS) is 12.1. The number of halogens is 1. The molecule has 1 aliphatic rings. The number of nitrogens with zero attached hydrogens (tertiary/aromatic N) is 2. The first-order valence-electron chi connectivity index (χ1n) is 5.68. The van der Waals surface area contributed by atoms with Crippen molar-refractivity contribution in [2.45, 2.75) is 13.3 Å². The van der Waals surface area contributed by atoms with Crippen LogP contribution in [0.15, 0.2) is 28.7 Å². The van der Waals surface area contributed by atoms with E-state index in [1.54, 1.807) is 0 Å². The lowest BCUT2D eigenvalue weighted by Crippen LogP contribution is -2.01. The van der Waals surface area contributed by atoms with Crippen LogP contribution >= 0.6 is 15.9 Å². The van der Waals surface area contributed by atoms with Gasteiger partial charge in [-0.25, -0.2) is 0 Å². The van der Waals surface area contributed by atoms with E-state index < -0.39 is 0 Å². The molecule has 86 valence electrons. The molecule has 0 bridgehead atoms. The van der Waals surface area contributed by atoms with E-state index in [1.807, 2.05) is 6.07 Å². The highest BCUT2D eigenvalue weighted by Crippen LogP contribution is 2.38. The Balaban J connectivity index is 2.10. The third-order valence-electron chi connectivity index (χ3n) is 2.97. The molecule has 1 N–H and O–H groups in total. The fourth-order valence-electron chi connectivity index (χ4n) is 2.21. The lowest BCUT2D eigenvalue weighted by Gasteiger charge is -2.03. The number of hydrogen-bond donors (Lipinski definition) is 1. The molecule has 0 fully saturated rings. The van der Waals surface area contributed by atoms with Crippen LogP contribution in [0, 0.1) is 0 Å². The SMILES string of the molecule is CCNc1cc2c(nn1)-c1cccc(Br)c1C2. The molecule has 0 radical (unpaired) electrons. The zero-order valence-electron chi connectivity index (χ0n) is 9.50. The summed E-state index contributed by atoms with van der Waals surface area (Å²) < 4.78 is 1.15. The van der Waals surface area contributed by atoms with Crippen molar-refractivity contribution in [3.05, 3.63) is 39.9 Å². The van der Waals surface area contributed by atoms with Crippen LogP contribution in [0.2, 0.25) is 0 Å². The standard InChI is InChI=1S/C13H12BrN3/c1-2-15-12-7-8-6-10-9(13(8)17-16-12)4-3-5-11(10)14/h3-5,7H,2,6H2,1H3,(H,15,16). The van der Waals surface area contributed by atoms with Gasteiger partial charge in [0, 0.05) is 23.0 Å². The fraction of sp³-hybridized carbons (Fsp3) is 0.231. The van der Waals surface area contributed by atoms with Crippen LogP contribution in [0.25, 0.3) is 11.3 Å². The van der Waals surface area contributed by atoms with Crippen LogP contribution in [0.3, 0.4) is 0 Å². The Morgan fingerprint density at radius 1 is 1.35 bits per heavy atom. The van der Waals surface area contributed by atoms with Crippen LogP contribution in [0.5, 0.6) is 0 Å². The predicted octanol–water partition coefficient (Wildman–Crippen LogP) is 3.24. The van der Waals surface area contributed by atoms with Gasteiger partial charge in [0.05, 0.1) is 5.69 Å². The molecule has 2 aromatic rings. The van der Waals surface area contributed by atoms with E-state index in [1.165, 1.54) is 16.7 Å². The lowest BCUT2D eigenvalue weighted by atomic mass is 10.1. The van der Waals surface area contributed by atoms with Crippen molar-refractivity contribution in [3.63, 3.8) is 0 Å². The van der Waals surface area contributed by atoms with Gasteiger partial charge in [0.15, 0.2) is 0 Å². The van der Waals surface area contributed by atoms with Gasteiger partial charge < -0.3 is 5.32 Å². The second-order valence-electron chi connectivity index (χ2n) is 4.08. The first kappa shape index (κ1) is 10.7. The van der Waals surface area contributed by atoms with E-state index >= 15 is 0 Å². The lowest BCUT2D eigenvalue weighted by molar-refractivity contribution is 1.01. The van der Waals surface area contributed by atoms with E-state index in [0.29, 0.717) is 0 Å². The van der Waals surface area contributed by atoms with Crippen molar-refractivity contribution >= 4 is 21.7 Å². The van der Waals surface area contributed by atoms with Crippen molar-refractivity contribution in [1.29, 1.82) is 0 Å². The summed E-state index contributed by atoms with van der Waals surface area (Å²) in [7, 11) is 0. The van der Waals surface area contributed by atoms with Gasteiger partial charge in [-0.15, -0.1) is 10.2 Å². The van der Waals surface area contributed by atoms with Crippen molar-refractivity contribution in [2.24, 2.45) is 0 Å². The number of nitrogens with one attached hydrogen (secondary N) is 1. The molecule has 3 nitrogen and oxygen atoms in total. The third kappa shape index (κ3) is 1.72. The van der Waals surface area contributed by atoms with Gasteiger partial charge >= 0.3 is 0 Å². The third-order valence-corrected chi connectivity index (χ3v) is 3.71. The summed E-state index contributed by atoms with van der Waals surface area (Å²) in [4.78, 5) is 0. The molecule has 0 atom stereocenters. The van der Waals surface area contributed by atoms with Crippen LogP contribution in [-0.2, 0) is 6.42 Å². The number of rotatable bonds is 2. The highest BCUT2D eigenvalue weighted by molar-refractivity contribution is 9.10. The van der Waals surface area contributed by atoms with E-state index in [9.17, 15) is 0 Å². The zero-order valence-corrected chi connectivity index (χ0v) is 11.1. The van der Waals surface area contributed by atoms with Crippen molar-refractivity contribution in [3.8, 4) is 11.3 Å². The Bertz CT molecular complexity index is 581. The number of aromatic nitrogens is 2. The number of benzene rings is 1. The minimum atomic E-state index is 0.857. The minimum absolute atomic E-state index is 0.857. The topological polar surface area (TPSA) is 37.8 Å². The van der Waals surface area contributed by atoms with Crippen LogP contribution in [0.4, 0.5) is 5.82 Å². The summed E-state index contributed by atoms with van der Waals surface area (Å²) in [6.45, 7) is 2.92. The van der Waals surface area contributed by atoms with E-state index in [-0.39, 0.29) is 0 Å². The number of hydrogen-bond acceptors (Lipinski definition) is 3. The molecule has 0 saturated heterocycles. The maximum atomic E-state index is 4.33. The first-order chi connectivity index (χ1) is 8.29. The molecule has 17 heavy (non-hydrogen) atoms. The summed E-state index contributed by atoms with van der Waals surface area (Å²) in [6.07, 6.45) is 0.931. The second kappa shape index (κ2) is 4.11. The summed E-state index contributed by atoms with van der Waals surface area (Å²) in [5, 5.41) is 11.7. The average Bonchev–Trinajstić information content (AvgIpc) is 2.69. The second-order valence-corrected chi connectivity index (χ2v) is 4.93. The van der Waals surface area contributed by atoms with Crippen molar-refractivity contribution < 1.29 is 0 Å². The fourth-order valence-corrected chi connectivity index (χ4v) is 2.72. The van der Waals surface area contributed by atoms with Gasteiger partial charge in [-0.05, 0) is 30.2 Å². The Hall–Kier alpha value is -1.42. The molecule has 1 aromatic carbocycles. The molecule has 0 amide bonds. The monoisotopic (exact) mass is 289 g/mol. The van der Waals surface area contributed by atoms with Gasteiger partial charge in [0.25, 0.3) is 0 Å². The molecule has 1 heterocycles. The van der Waals surface area contributed by atoms with Gasteiger partial charge in [-0.3, -0.25) is 0 Å². The quantitative estimate of drug-likeness (QED) is 0.787. The maximum absolute atomic E-state index is 4.33. The minimum Gasteiger partial charge on any atom is -0.369 e. The highest BCUT2D eigenvalue weighted by atomic mass is 79.9. The van der Waals surface area contributed by atoms with E-state index in [2.05, 4.69) is 56.6 Å². The largest absolute Gasteiger partial charge is 0.369 e. The Morgan fingerprint density at radius 2 is 2.24 bits per heavy atom. The molecule has 0 spiro atoms. The van der Waals surface area contributed by atoms with E-state index in [0.717, 1.165) is 29.0 Å². The van der Waals surface area contributed by atoms with Crippen molar-refractivity contribution in [1.82, 2.24) is 10.2 Å². The van der Waals surface area contributed by atoms with Gasteiger partial charge in [-0.1, -0.05) is 28.1 Å². The molecule has 1 aliphatic carbocycles. The van der Waals surface area contributed by atoms with Gasteiger partial charge in [0.1, 0.15) is 5.82 Å². The average molecular weight is 290 g/mol. The smallest absolute Gasteiger partial charge is 0.148 e. The molecule has 1 aromatic heterocycles. The molecule has 0 saturated carbocycles. The number of fused-ring (bicyclic) bond motifs is 3. The van der Waals surface area contributed by atoms with E-state index in [4.69, 9.17) is 0 Å². The number of anilines is 1. The highest BCUT2D eigenvalue weighted by Gasteiger charge is 2.22. The zero-order chi connectivity index (χ0) is 11.8. The first-order valence-corrected chi connectivity index (χ1v) is 6.47. The van der Waals surface area contributed by atoms with Crippen molar-refractivity contribution in [2.75, 3.05) is 11.9 Å². The summed E-state index contributed by atoms with van der Waals surface area (Å²) in [5.41, 5.74) is 4.77. The summed E-state index contributed by atoms with van der Waals surface area (Å²) >= 11 is 3.59.